The number of hydrogen-bond donors (Lipinski definition) is 2. The second-order valence-electron chi connectivity index (χ2n) is 10.7. The van der Waals surface area contributed by atoms with E-state index in [1.54, 1.807) is 24.3 Å². The van der Waals surface area contributed by atoms with Crippen LogP contribution >= 0.6 is 11.6 Å². The number of carbonyl (C=O) groups is 2. The Balaban J connectivity index is 1.43. The van der Waals surface area contributed by atoms with E-state index in [1.165, 1.54) is 11.6 Å². The lowest BCUT2D eigenvalue weighted by atomic mass is 9.89. The summed E-state index contributed by atoms with van der Waals surface area (Å²) in [6.45, 7) is 1.25. The van der Waals surface area contributed by atoms with Crippen LogP contribution in [-0.2, 0) is 11.2 Å². The molecule has 1 atom stereocenters. The first-order valence-electron chi connectivity index (χ1n) is 14.0. The Morgan fingerprint density at radius 3 is 2.40 bits per heavy atom. The van der Waals surface area contributed by atoms with E-state index in [4.69, 9.17) is 11.6 Å². The van der Waals surface area contributed by atoms with Gasteiger partial charge in [-0.05, 0) is 66.5 Å². The highest BCUT2D eigenvalue weighted by atomic mass is 35.5. The molecule has 1 aliphatic carbocycles. The summed E-state index contributed by atoms with van der Waals surface area (Å²) in [6, 6.07) is 17.0. The summed E-state index contributed by atoms with van der Waals surface area (Å²) in [5.74, 6) is -1.21. The number of benzene rings is 2. The molecule has 2 N–H and O–H groups in total. The van der Waals surface area contributed by atoms with E-state index < -0.39 is 29.7 Å². The van der Waals surface area contributed by atoms with Crippen LogP contribution in [0.4, 0.5) is 19.0 Å². The molecule has 1 saturated heterocycles. The molecular formula is C32H30ClF3N4O3. The lowest BCUT2D eigenvalue weighted by Crippen LogP contribution is -2.43. The largest absolute Gasteiger partial charge is 0.480 e. The Morgan fingerprint density at radius 2 is 1.74 bits per heavy atom. The monoisotopic (exact) mass is 610 g/mol. The molecule has 7 nitrogen and oxygen atoms in total. The van der Waals surface area contributed by atoms with Crippen LogP contribution in [0.2, 0.25) is 5.02 Å². The van der Waals surface area contributed by atoms with Gasteiger partial charge in [0.1, 0.15) is 17.6 Å². The van der Waals surface area contributed by atoms with Crippen molar-refractivity contribution in [3.63, 3.8) is 0 Å². The number of aliphatic carboxylic acids is 1. The number of rotatable bonds is 8. The van der Waals surface area contributed by atoms with Crippen LogP contribution < -0.4 is 10.2 Å². The molecular weight excluding hydrogens is 581 g/mol. The average Bonchev–Trinajstić information content (AvgIpc) is 3.01. The van der Waals surface area contributed by atoms with Gasteiger partial charge in [-0.1, -0.05) is 60.1 Å². The Bertz CT molecular complexity index is 1530. The van der Waals surface area contributed by atoms with Crippen LogP contribution in [0.25, 0.3) is 5.57 Å². The van der Waals surface area contributed by atoms with E-state index in [0.29, 0.717) is 35.4 Å². The molecule has 2 heterocycles. The van der Waals surface area contributed by atoms with Crippen molar-refractivity contribution in [2.45, 2.75) is 50.2 Å². The normalized spacial score (nSPS) is 16.7. The molecule has 0 saturated carbocycles. The van der Waals surface area contributed by atoms with Gasteiger partial charge < -0.3 is 15.3 Å². The van der Waals surface area contributed by atoms with E-state index in [1.807, 2.05) is 23.1 Å². The first kappa shape index (κ1) is 30.3. The molecule has 0 spiro atoms. The molecule has 1 aliphatic heterocycles. The van der Waals surface area contributed by atoms with E-state index in [2.05, 4.69) is 27.4 Å². The van der Waals surface area contributed by atoms with Crippen LogP contribution in [0.3, 0.4) is 0 Å². The van der Waals surface area contributed by atoms with Gasteiger partial charge in [0, 0.05) is 30.6 Å². The van der Waals surface area contributed by atoms with Gasteiger partial charge in [-0.3, -0.25) is 4.79 Å². The summed E-state index contributed by atoms with van der Waals surface area (Å²) < 4.78 is 40.5. The van der Waals surface area contributed by atoms with Gasteiger partial charge >= 0.3 is 12.1 Å². The first-order chi connectivity index (χ1) is 20.6. The summed E-state index contributed by atoms with van der Waals surface area (Å²) in [7, 11) is 0. The SMILES string of the molecule is O=C(N[C@H](Cc1ccc(Cl)cc1)C(=O)O)c1cc(N2CCC(c3ccccc3)CC2)nc(C2=CC(C(F)(F)F)=CCC2)n1. The molecule has 1 fully saturated rings. The van der Waals surface area contributed by atoms with Gasteiger partial charge in [-0.15, -0.1) is 0 Å². The third-order valence-corrected chi connectivity index (χ3v) is 7.97. The average molecular weight is 611 g/mol. The Hall–Kier alpha value is -4.18. The maximum absolute atomic E-state index is 13.5. The Morgan fingerprint density at radius 1 is 1.05 bits per heavy atom. The predicted molar refractivity (Wildman–Crippen MR) is 158 cm³/mol. The minimum absolute atomic E-state index is 0.000922. The van der Waals surface area contributed by atoms with Crippen LogP contribution in [0.5, 0.6) is 0 Å². The highest BCUT2D eigenvalue weighted by Crippen LogP contribution is 2.35. The van der Waals surface area contributed by atoms with Gasteiger partial charge in [0.05, 0.1) is 5.57 Å². The molecule has 43 heavy (non-hydrogen) atoms. The molecule has 0 bridgehead atoms. The molecule has 5 rings (SSSR count). The summed E-state index contributed by atoms with van der Waals surface area (Å²) in [5, 5.41) is 12.8. The van der Waals surface area contributed by atoms with Crippen molar-refractivity contribution in [3.05, 3.63) is 106 Å². The van der Waals surface area contributed by atoms with Gasteiger partial charge in [-0.25, -0.2) is 14.8 Å². The van der Waals surface area contributed by atoms with Crippen molar-refractivity contribution < 1.29 is 27.9 Å². The number of hydrogen-bond acceptors (Lipinski definition) is 5. The van der Waals surface area contributed by atoms with Crippen molar-refractivity contribution in [2.75, 3.05) is 18.0 Å². The zero-order valence-corrected chi connectivity index (χ0v) is 23.9. The Kier molecular flexibility index (Phi) is 9.15. The molecule has 0 unspecified atom stereocenters. The third-order valence-electron chi connectivity index (χ3n) is 7.71. The zero-order chi connectivity index (χ0) is 30.6. The van der Waals surface area contributed by atoms with Crippen LogP contribution in [0.1, 0.15) is 59.0 Å². The standard InChI is InChI=1S/C32H30ClF3N4O3/c33-25-11-9-20(10-12-25)17-27(31(42)43)38-30(41)26-19-28(40-15-13-22(14-16-40)21-5-2-1-3-6-21)39-29(37-26)23-7-4-8-24(18-23)32(34,35)36/h1-3,5-6,8-12,18-19,22,27H,4,7,13-17H2,(H,38,41)(H,42,43)/t27-/m1/s1. The van der Waals surface area contributed by atoms with E-state index in [-0.39, 0.29) is 36.4 Å². The topological polar surface area (TPSA) is 95.4 Å². The number of anilines is 1. The molecule has 1 amide bonds. The number of carboxylic acids is 1. The second kappa shape index (κ2) is 13.0. The number of alkyl halides is 3. The molecule has 0 radical (unpaired) electrons. The van der Waals surface area contributed by atoms with Crippen molar-refractivity contribution in [1.82, 2.24) is 15.3 Å². The number of allylic oxidation sites excluding steroid dienone is 4. The van der Waals surface area contributed by atoms with Crippen molar-refractivity contribution in [2.24, 2.45) is 0 Å². The van der Waals surface area contributed by atoms with Crippen LogP contribution in [-0.4, -0.2) is 52.3 Å². The summed E-state index contributed by atoms with van der Waals surface area (Å²) in [6.07, 6.45) is -0.293. The molecule has 2 aliphatic rings. The minimum Gasteiger partial charge on any atom is -0.480 e. The molecule has 3 aromatic rings. The summed E-state index contributed by atoms with van der Waals surface area (Å²) in [4.78, 5) is 36.4. The highest BCUT2D eigenvalue weighted by molar-refractivity contribution is 6.30. The highest BCUT2D eigenvalue weighted by Gasteiger charge is 2.34. The fourth-order valence-corrected chi connectivity index (χ4v) is 5.51. The van der Waals surface area contributed by atoms with Crippen LogP contribution in [0.15, 0.2) is 78.4 Å². The van der Waals surface area contributed by atoms with Gasteiger partial charge in [0.15, 0.2) is 5.82 Å². The third kappa shape index (κ3) is 7.62. The van der Waals surface area contributed by atoms with Crippen LogP contribution in [0, 0.1) is 0 Å². The summed E-state index contributed by atoms with van der Waals surface area (Å²) in [5.41, 5.74) is 1.26. The van der Waals surface area contributed by atoms with E-state index >= 15 is 0 Å². The first-order valence-corrected chi connectivity index (χ1v) is 14.4. The molecule has 2 aromatic carbocycles. The smallest absolute Gasteiger partial charge is 0.416 e. The number of amides is 1. The number of nitrogens with one attached hydrogen (secondary N) is 1. The predicted octanol–water partition coefficient (Wildman–Crippen LogP) is 6.61. The lowest BCUT2D eigenvalue weighted by molar-refractivity contribution is -0.139. The lowest BCUT2D eigenvalue weighted by Gasteiger charge is -2.33. The molecule has 1 aromatic heterocycles. The van der Waals surface area contributed by atoms with Gasteiger partial charge in [0.25, 0.3) is 5.91 Å². The zero-order valence-electron chi connectivity index (χ0n) is 23.1. The quantitative estimate of drug-likeness (QED) is 0.298. The van der Waals surface area contributed by atoms with Crippen molar-refractivity contribution in [1.29, 1.82) is 0 Å². The fraction of sp³-hybridized carbons (Fsp3) is 0.312. The maximum atomic E-state index is 13.5. The minimum atomic E-state index is -4.53. The van der Waals surface area contributed by atoms with E-state index in [9.17, 15) is 27.9 Å². The second-order valence-corrected chi connectivity index (χ2v) is 11.1. The van der Waals surface area contributed by atoms with Crippen molar-refractivity contribution in [3.8, 4) is 0 Å². The number of piperidine rings is 1. The molecule has 224 valence electrons. The molecule has 11 heteroatoms. The maximum Gasteiger partial charge on any atom is 0.416 e. The number of nitrogens with zero attached hydrogens (tertiary/aromatic N) is 3. The van der Waals surface area contributed by atoms with Crippen molar-refractivity contribution >= 4 is 34.9 Å². The number of halogens is 4. The Labute approximate surface area is 252 Å². The number of carbonyl (C=O) groups excluding carboxylic acids is 1. The number of aromatic nitrogens is 2. The van der Waals surface area contributed by atoms with Gasteiger partial charge in [-0.2, -0.15) is 13.2 Å². The van der Waals surface area contributed by atoms with E-state index in [0.717, 1.165) is 25.0 Å². The van der Waals surface area contributed by atoms with Gasteiger partial charge in [0.2, 0.25) is 0 Å². The fourth-order valence-electron chi connectivity index (χ4n) is 5.39. The summed E-state index contributed by atoms with van der Waals surface area (Å²) >= 11 is 5.93. The number of carboxylic acid groups (broad SMARTS) is 1.